The number of nitrogens with zero attached hydrogens (tertiary/aromatic N) is 5. The summed E-state index contributed by atoms with van der Waals surface area (Å²) in [5.41, 5.74) is 7.31. The number of aliphatic hydroxyl groups is 1. The number of phenols is 1. The molecular weight excluding hydrogens is 1120 g/mol. The summed E-state index contributed by atoms with van der Waals surface area (Å²) in [5.74, 6) is -0.587. The number of aromatic nitrogens is 3. The number of carbonyl (C=O) groups is 3. The molecule has 0 spiro atoms. The summed E-state index contributed by atoms with van der Waals surface area (Å²) in [4.78, 5) is 52.1. The van der Waals surface area contributed by atoms with Crippen LogP contribution in [0.25, 0.3) is 27.3 Å². The number of likely N-dealkylation sites (tertiary alicyclic amines) is 1. The number of aliphatic hydroxyl groups excluding tert-OH is 1. The molecule has 0 saturated carbocycles. The first-order valence-corrected chi connectivity index (χ1v) is 31.1. The van der Waals surface area contributed by atoms with Crippen molar-refractivity contribution in [3.63, 3.8) is 0 Å². The fraction of sp³-hybridized carbons (Fsp3) is 0.444. The normalized spacial score (nSPS) is 19.6. The smallest absolute Gasteiger partial charge is 0.407 e. The topological polar surface area (TPSA) is 206 Å². The first-order chi connectivity index (χ1) is 40.0. The number of hydrogen-bond acceptors (Lipinski definition) is 12. The van der Waals surface area contributed by atoms with Gasteiger partial charge in [-0.2, -0.15) is 13.2 Å². The number of β-amino-alcohol motifs (C(OH)–C–C–N with tert-alkyl or cyclic N) is 1. The lowest BCUT2D eigenvalue weighted by molar-refractivity contribution is -0.144. The molecule has 3 aliphatic heterocycles. The van der Waals surface area contributed by atoms with E-state index >= 15 is 0 Å². The molecule has 9 rings (SSSR count). The summed E-state index contributed by atoms with van der Waals surface area (Å²) in [5, 5.41) is 25.4. The standard InChI is InChI=1S/C63H74F3N7O9S2/c1-40(42-15-17-45(18-16-42)58-41(2)68-39-83-58)69-60(77)51-34-49(75)36-72(51)61(78)59(62(3,4)5)70-54(76)14-12-10-8-6-7-9-11-13-33-81-50-29-25-47(26-30-50)73(37-63(64,65)66)84(79,80)53-35-52-55(43-21-27-48(74)28-22-43)56(57(53)82-52)44-19-23-46(24-20-44)71-32-31-67-38-71/h15-32,38-40,49,51-53,57,59,74-75H,6-14,33-37H2,1-5H3,(H,69,77)(H,70,76)/t40-,49+,51-,52?,53?,57?,59+/m0/s1. The predicted octanol–water partition coefficient (Wildman–Crippen LogP) is 11.1. The maximum atomic E-state index is 14.6. The summed E-state index contributed by atoms with van der Waals surface area (Å²) in [6.45, 7) is 8.04. The van der Waals surface area contributed by atoms with Crippen molar-refractivity contribution in [2.24, 2.45) is 5.41 Å². The van der Waals surface area contributed by atoms with Crippen molar-refractivity contribution in [2.45, 2.75) is 153 Å². The number of benzene rings is 4. The summed E-state index contributed by atoms with van der Waals surface area (Å²) in [7, 11) is -4.69. The number of hydrogen-bond donors (Lipinski definition) is 4. The van der Waals surface area contributed by atoms with Crippen molar-refractivity contribution in [1.82, 2.24) is 30.1 Å². The lowest BCUT2D eigenvalue weighted by atomic mass is 9.83. The number of sulfonamides is 1. The quantitative estimate of drug-likeness (QED) is 0.0397. The third-order valence-corrected chi connectivity index (χ3v) is 19.1. The van der Waals surface area contributed by atoms with E-state index in [0.717, 1.165) is 77.9 Å². The van der Waals surface area contributed by atoms with Crippen LogP contribution < -0.4 is 19.7 Å². The molecule has 7 atom stereocenters. The summed E-state index contributed by atoms with van der Waals surface area (Å²) < 4.78 is 86.6. The van der Waals surface area contributed by atoms with E-state index in [4.69, 9.17) is 9.47 Å². The molecule has 21 heteroatoms. The van der Waals surface area contributed by atoms with E-state index in [1.54, 1.807) is 42.2 Å². The highest BCUT2D eigenvalue weighted by Crippen LogP contribution is 2.52. The van der Waals surface area contributed by atoms with Crippen LogP contribution >= 0.6 is 11.3 Å². The number of anilines is 1. The molecule has 2 aromatic heterocycles. The SMILES string of the molecule is Cc1ncsc1-c1ccc([C@H](C)NC(=O)[C@@H]2C[C@@H](O)CN2C(=O)[C@@H](NC(=O)CCCCCCCCCCOc2ccc(N(CC(F)(F)F)S(=O)(=O)C3CC4OC3C(c3ccc(-n5ccnc5)cc3)=C4c3ccc(O)cc3)cc2)C(C)(C)C)cc1. The minimum atomic E-state index is -4.86. The van der Waals surface area contributed by atoms with Crippen LogP contribution in [0.15, 0.2) is 121 Å². The van der Waals surface area contributed by atoms with Gasteiger partial charge in [-0.05, 0) is 120 Å². The minimum Gasteiger partial charge on any atom is -0.508 e. The van der Waals surface area contributed by atoms with Gasteiger partial charge in [0, 0.05) is 37.5 Å². The van der Waals surface area contributed by atoms with Crippen LogP contribution in [0.4, 0.5) is 18.9 Å². The monoisotopic (exact) mass is 1190 g/mol. The number of imidazole rings is 1. The number of phenolic OH excluding ortho intramolecular Hbond substituents is 1. The van der Waals surface area contributed by atoms with Gasteiger partial charge in [-0.3, -0.25) is 18.7 Å². The number of aryl methyl sites for hydroxylation is 1. The highest BCUT2D eigenvalue weighted by Gasteiger charge is 2.55. The van der Waals surface area contributed by atoms with Gasteiger partial charge in [-0.1, -0.05) is 108 Å². The molecule has 5 heterocycles. The Labute approximate surface area is 493 Å². The first-order valence-electron chi connectivity index (χ1n) is 28.7. The van der Waals surface area contributed by atoms with Crippen LogP contribution in [0.5, 0.6) is 11.5 Å². The molecule has 3 amide bonds. The van der Waals surface area contributed by atoms with Crippen molar-refractivity contribution in [3.05, 3.63) is 144 Å². The Hall–Kier alpha value is -7.07. The zero-order valence-electron chi connectivity index (χ0n) is 47.9. The van der Waals surface area contributed by atoms with Gasteiger partial charge in [0.05, 0.1) is 53.0 Å². The van der Waals surface area contributed by atoms with E-state index in [2.05, 4.69) is 20.6 Å². The second-order valence-electron chi connectivity index (χ2n) is 23.2. The number of fused-ring (bicyclic) bond motifs is 2. The highest BCUT2D eigenvalue weighted by molar-refractivity contribution is 7.93. The number of rotatable bonds is 25. The molecule has 4 N–H and O–H groups in total. The molecular formula is C63H74F3N7O9S2. The number of halogens is 3. The maximum absolute atomic E-state index is 14.6. The Morgan fingerprint density at radius 1 is 0.833 bits per heavy atom. The summed E-state index contributed by atoms with van der Waals surface area (Å²) >= 11 is 1.57. The predicted molar refractivity (Wildman–Crippen MR) is 318 cm³/mol. The number of alkyl halides is 3. The Morgan fingerprint density at radius 2 is 1.46 bits per heavy atom. The second-order valence-corrected chi connectivity index (χ2v) is 26.1. The van der Waals surface area contributed by atoms with Gasteiger partial charge >= 0.3 is 6.18 Å². The molecule has 84 heavy (non-hydrogen) atoms. The average molecular weight is 1190 g/mol. The second kappa shape index (κ2) is 26.5. The largest absolute Gasteiger partial charge is 0.508 e. The number of carbonyl (C=O) groups excluding carboxylic acids is 3. The molecule has 3 aliphatic rings. The molecule has 3 unspecified atom stereocenters. The minimum absolute atomic E-state index is 0.0127. The molecule has 448 valence electrons. The van der Waals surface area contributed by atoms with Gasteiger partial charge in [0.2, 0.25) is 27.7 Å². The number of amides is 3. The van der Waals surface area contributed by atoms with E-state index in [0.29, 0.717) is 39.8 Å². The van der Waals surface area contributed by atoms with Crippen molar-refractivity contribution in [2.75, 3.05) is 24.0 Å². The Kier molecular flexibility index (Phi) is 19.4. The fourth-order valence-electron chi connectivity index (χ4n) is 11.5. The van der Waals surface area contributed by atoms with Crippen LogP contribution in [0.3, 0.4) is 0 Å². The van der Waals surface area contributed by atoms with Crippen LogP contribution in [0, 0.1) is 12.3 Å². The van der Waals surface area contributed by atoms with E-state index in [9.17, 15) is 46.2 Å². The average Bonchev–Trinajstić information content (AvgIpc) is 2.46. The number of aromatic hydroxyl groups is 1. The molecule has 16 nitrogen and oxygen atoms in total. The van der Waals surface area contributed by atoms with Gasteiger partial charge < -0.3 is 39.8 Å². The number of thiazole rings is 1. The molecule has 4 aromatic carbocycles. The van der Waals surface area contributed by atoms with E-state index in [1.807, 2.05) is 93.2 Å². The van der Waals surface area contributed by atoms with Gasteiger partial charge in [0.15, 0.2) is 0 Å². The lowest BCUT2D eigenvalue weighted by Gasteiger charge is -2.35. The zero-order chi connectivity index (χ0) is 59.9. The Balaban J connectivity index is 0.702. The number of ether oxygens (including phenoxy) is 2. The van der Waals surface area contributed by atoms with Gasteiger partial charge in [0.1, 0.15) is 41.5 Å². The third-order valence-electron chi connectivity index (χ3n) is 15.9. The highest BCUT2D eigenvalue weighted by atomic mass is 32.2. The Bertz CT molecular complexity index is 3350. The Morgan fingerprint density at radius 3 is 2.08 bits per heavy atom. The zero-order valence-corrected chi connectivity index (χ0v) is 49.6. The first kappa shape index (κ1) is 61.5. The lowest BCUT2D eigenvalue weighted by Crippen LogP contribution is -2.57. The van der Waals surface area contributed by atoms with Gasteiger partial charge in [-0.15, -0.1) is 11.3 Å². The van der Waals surface area contributed by atoms with E-state index < -0.39 is 69.7 Å². The van der Waals surface area contributed by atoms with Crippen molar-refractivity contribution < 1.29 is 55.7 Å². The number of unbranched alkanes of at least 4 members (excludes halogenated alkanes) is 7. The van der Waals surface area contributed by atoms with E-state index in [-0.39, 0.29) is 55.1 Å². The maximum Gasteiger partial charge on any atom is 0.407 e. The number of nitrogens with one attached hydrogen (secondary N) is 2. The molecule has 0 radical (unpaired) electrons. The fourth-order valence-corrected chi connectivity index (χ4v) is 14.3. The third kappa shape index (κ3) is 14.7. The molecule has 6 aromatic rings. The van der Waals surface area contributed by atoms with Crippen LogP contribution in [-0.4, -0.2) is 117 Å². The van der Waals surface area contributed by atoms with Crippen molar-refractivity contribution >= 4 is 55.9 Å². The summed E-state index contributed by atoms with van der Waals surface area (Å²) in [6, 6.07) is 25.2. The summed E-state index contributed by atoms with van der Waals surface area (Å²) in [6.07, 6.45) is 4.67. The van der Waals surface area contributed by atoms with Crippen molar-refractivity contribution in [1.29, 1.82) is 0 Å². The van der Waals surface area contributed by atoms with E-state index in [1.165, 1.54) is 41.3 Å². The molecule has 2 bridgehead atoms. The van der Waals surface area contributed by atoms with Crippen LogP contribution in [-0.2, 0) is 29.1 Å². The van der Waals surface area contributed by atoms with Crippen molar-refractivity contribution in [3.8, 4) is 27.6 Å². The molecule has 0 aliphatic carbocycles. The van der Waals surface area contributed by atoms with Gasteiger partial charge in [-0.25, -0.2) is 18.4 Å². The van der Waals surface area contributed by atoms with Gasteiger partial charge in [0.25, 0.3) is 0 Å². The molecule has 2 saturated heterocycles. The van der Waals surface area contributed by atoms with Crippen LogP contribution in [0.2, 0.25) is 0 Å². The molecule has 2 fully saturated rings. The van der Waals surface area contributed by atoms with Crippen LogP contribution in [0.1, 0.15) is 127 Å².